The molecule has 0 unspecified atom stereocenters. The predicted molar refractivity (Wildman–Crippen MR) is 75.9 cm³/mol. The van der Waals surface area contributed by atoms with E-state index in [1.165, 1.54) is 11.1 Å². The number of aromatic hydroxyl groups is 1. The van der Waals surface area contributed by atoms with E-state index in [2.05, 4.69) is 5.32 Å². The number of benzene rings is 1. The first kappa shape index (κ1) is 14.2. The number of primary amides is 1. The maximum Gasteiger partial charge on any atom is 0.404 e. The molecule has 1 aromatic carbocycles. The molecule has 9 heteroatoms. The van der Waals surface area contributed by atoms with Gasteiger partial charge in [0.1, 0.15) is 18.6 Å². The summed E-state index contributed by atoms with van der Waals surface area (Å²) < 4.78 is 4.85. The number of amides is 1. The standard InChI is InChI=1S/C14H15N3O6/c15-13(20)22-5-7-11-9(1-6(4-18)2-10(11)19)17-3-8-12(16-8)14(7,21)23-17/h1-2,4,7-8,12,16,19,21H,3,5H2,(H2,15,20)/t7-,8-,12-,14-/m1/s1. The molecule has 4 atom stereocenters. The van der Waals surface area contributed by atoms with Crippen LogP contribution < -0.4 is 16.1 Å². The smallest absolute Gasteiger partial charge is 0.404 e. The lowest BCUT2D eigenvalue weighted by Crippen LogP contribution is -2.59. The minimum absolute atomic E-state index is 0.0139. The third kappa shape index (κ3) is 1.97. The van der Waals surface area contributed by atoms with Crippen molar-refractivity contribution in [1.29, 1.82) is 0 Å². The minimum atomic E-state index is -1.68. The summed E-state index contributed by atoms with van der Waals surface area (Å²) in [6, 6.07) is 2.53. The average Bonchev–Trinajstić information content (AvgIpc) is 3.27. The molecule has 2 bridgehead atoms. The van der Waals surface area contributed by atoms with Gasteiger partial charge < -0.3 is 26.0 Å². The molecular weight excluding hydrogens is 306 g/mol. The van der Waals surface area contributed by atoms with E-state index in [1.54, 1.807) is 6.07 Å². The van der Waals surface area contributed by atoms with E-state index >= 15 is 0 Å². The molecule has 3 aliphatic heterocycles. The summed E-state index contributed by atoms with van der Waals surface area (Å²) in [7, 11) is 0. The Kier molecular flexibility index (Phi) is 2.83. The summed E-state index contributed by atoms with van der Waals surface area (Å²) in [5, 5.41) is 25.8. The number of rotatable bonds is 3. The van der Waals surface area contributed by atoms with Crippen LogP contribution in [-0.4, -0.2) is 53.6 Å². The lowest BCUT2D eigenvalue weighted by Gasteiger charge is -2.47. The Morgan fingerprint density at radius 1 is 1.61 bits per heavy atom. The number of hydroxylamine groups is 1. The van der Waals surface area contributed by atoms with Crippen LogP contribution in [0.25, 0.3) is 0 Å². The number of nitrogens with zero attached hydrogens (tertiary/aromatic N) is 1. The number of phenols is 1. The molecule has 3 heterocycles. The van der Waals surface area contributed by atoms with Gasteiger partial charge in [0.05, 0.1) is 24.2 Å². The zero-order valence-corrected chi connectivity index (χ0v) is 11.9. The van der Waals surface area contributed by atoms with Gasteiger partial charge in [0.25, 0.3) is 0 Å². The van der Waals surface area contributed by atoms with Crippen molar-refractivity contribution in [2.24, 2.45) is 5.73 Å². The number of carbonyl (C=O) groups excluding carboxylic acids is 2. The predicted octanol–water partition coefficient (Wildman–Crippen LogP) is -0.822. The molecule has 1 amide bonds. The van der Waals surface area contributed by atoms with Crippen molar-refractivity contribution >= 4 is 18.1 Å². The first-order valence-electron chi connectivity index (χ1n) is 7.13. The van der Waals surface area contributed by atoms with Crippen LogP contribution in [0.3, 0.4) is 0 Å². The molecule has 23 heavy (non-hydrogen) atoms. The fourth-order valence-corrected chi connectivity index (χ4v) is 3.47. The number of hydrogen-bond donors (Lipinski definition) is 4. The second kappa shape index (κ2) is 4.57. The molecule has 0 saturated carbocycles. The number of aldehydes is 1. The van der Waals surface area contributed by atoms with E-state index in [0.717, 1.165) is 0 Å². The summed E-state index contributed by atoms with van der Waals surface area (Å²) in [4.78, 5) is 27.6. The van der Waals surface area contributed by atoms with Crippen LogP contribution in [0, 0.1) is 0 Å². The number of ether oxygens (including phenoxy) is 1. The van der Waals surface area contributed by atoms with Crippen LogP contribution in [0.4, 0.5) is 10.5 Å². The van der Waals surface area contributed by atoms with Gasteiger partial charge in [-0.2, -0.15) is 0 Å². The quantitative estimate of drug-likeness (QED) is 0.417. The van der Waals surface area contributed by atoms with Crippen LogP contribution in [-0.2, 0) is 9.57 Å². The first-order chi connectivity index (χ1) is 10.9. The highest BCUT2D eigenvalue weighted by molar-refractivity contribution is 5.80. The topological polar surface area (TPSA) is 144 Å². The highest BCUT2D eigenvalue weighted by Gasteiger charge is 2.65. The Hall–Kier alpha value is -2.36. The lowest BCUT2D eigenvalue weighted by molar-refractivity contribution is -0.247. The molecule has 0 aliphatic carbocycles. The van der Waals surface area contributed by atoms with E-state index in [0.29, 0.717) is 24.1 Å². The Morgan fingerprint density at radius 3 is 3.09 bits per heavy atom. The average molecular weight is 321 g/mol. The van der Waals surface area contributed by atoms with Gasteiger partial charge in [-0.15, -0.1) is 0 Å². The number of aliphatic hydroxyl groups is 1. The van der Waals surface area contributed by atoms with Crippen LogP contribution in [0.1, 0.15) is 21.8 Å². The van der Waals surface area contributed by atoms with E-state index in [9.17, 15) is 19.8 Å². The minimum Gasteiger partial charge on any atom is -0.508 e. The van der Waals surface area contributed by atoms with Crippen molar-refractivity contribution in [2.45, 2.75) is 23.8 Å². The van der Waals surface area contributed by atoms with E-state index in [-0.39, 0.29) is 30.0 Å². The summed E-state index contributed by atoms with van der Waals surface area (Å²) in [5.41, 5.74) is 6.10. The number of phenolic OH excluding ortho intramolecular Hbond substituents is 1. The number of fused-ring (bicyclic) bond motifs is 6. The fraction of sp³-hybridized carbons (Fsp3) is 0.429. The molecule has 4 rings (SSSR count). The van der Waals surface area contributed by atoms with Gasteiger partial charge in [0.15, 0.2) is 0 Å². The second-order valence-corrected chi connectivity index (χ2v) is 5.93. The van der Waals surface area contributed by atoms with E-state index < -0.39 is 17.8 Å². The zero-order valence-electron chi connectivity index (χ0n) is 11.9. The summed E-state index contributed by atoms with van der Waals surface area (Å²) in [6.45, 7) is 0.205. The lowest BCUT2D eigenvalue weighted by atomic mass is 9.83. The number of carbonyl (C=O) groups is 2. The van der Waals surface area contributed by atoms with Crippen molar-refractivity contribution in [3.05, 3.63) is 23.3 Å². The number of hydrogen-bond acceptors (Lipinski definition) is 8. The Bertz CT molecular complexity index is 710. The van der Waals surface area contributed by atoms with Gasteiger partial charge in [-0.3, -0.25) is 4.79 Å². The van der Waals surface area contributed by atoms with Gasteiger partial charge in [-0.1, -0.05) is 0 Å². The van der Waals surface area contributed by atoms with Crippen LogP contribution in [0.5, 0.6) is 5.75 Å². The third-order valence-electron chi connectivity index (χ3n) is 4.55. The summed E-state index contributed by atoms with van der Waals surface area (Å²) in [5.74, 6) is -2.69. The van der Waals surface area contributed by atoms with Gasteiger partial charge in [0, 0.05) is 17.2 Å². The maximum atomic E-state index is 11.0. The molecule has 9 nitrogen and oxygen atoms in total. The summed E-state index contributed by atoms with van der Waals surface area (Å²) >= 11 is 0. The normalized spacial score (nSPS) is 33.4. The number of nitrogens with one attached hydrogen (secondary N) is 1. The largest absolute Gasteiger partial charge is 0.508 e. The molecule has 0 radical (unpaired) electrons. The second-order valence-electron chi connectivity index (χ2n) is 5.93. The van der Waals surface area contributed by atoms with Crippen LogP contribution >= 0.6 is 0 Å². The van der Waals surface area contributed by atoms with Crippen LogP contribution in [0.2, 0.25) is 0 Å². The molecular formula is C14H15N3O6. The monoisotopic (exact) mass is 321 g/mol. The number of anilines is 1. The molecule has 0 spiro atoms. The first-order valence-corrected chi connectivity index (χ1v) is 7.13. The van der Waals surface area contributed by atoms with Gasteiger partial charge >= 0.3 is 6.09 Å². The Balaban J connectivity index is 1.84. The van der Waals surface area contributed by atoms with Crippen molar-refractivity contribution in [3.8, 4) is 5.75 Å². The molecule has 5 N–H and O–H groups in total. The molecule has 3 aliphatic rings. The third-order valence-corrected chi connectivity index (χ3v) is 4.55. The van der Waals surface area contributed by atoms with Gasteiger partial charge in [-0.25, -0.2) is 14.7 Å². The molecule has 2 saturated heterocycles. The van der Waals surface area contributed by atoms with Crippen molar-refractivity contribution in [3.63, 3.8) is 0 Å². The maximum absolute atomic E-state index is 11.0. The van der Waals surface area contributed by atoms with Gasteiger partial charge in [0.2, 0.25) is 5.79 Å². The fourth-order valence-electron chi connectivity index (χ4n) is 3.47. The van der Waals surface area contributed by atoms with Gasteiger partial charge in [-0.05, 0) is 12.1 Å². The van der Waals surface area contributed by atoms with E-state index in [1.807, 2.05) is 0 Å². The highest BCUT2D eigenvalue weighted by Crippen LogP contribution is 2.53. The van der Waals surface area contributed by atoms with E-state index in [4.69, 9.17) is 15.3 Å². The highest BCUT2D eigenvalue weighted by atomic mass is 16.8. The van der Waals surface area contributed by atoms with Crippen molar-refractivity contribution in [1.82, 2.24) is 5.32 Å². The SMILES string of the molecule is NC(=O)OC[C@@H]1c2c(O)cc(C=O)cc2N2C[C@H]3N[C@H]3[C@]1(O)O2. The summed E-state index contributed by atoms with van der Waals surface area (Å²) in [6.07, 6.45) is -0.379. The molecule has 0 aromatic heterocycles. The Labute approximate surface area is 130 Å². The molecule has 2 fully saturated rings. The zero-order chi connectivity index (χ0) is 16.4. The molecule has 1 aromatic rings. The Morgan fingerprint density at radius 2 is 2.39 bits per heavy atom. The van der Waals surface area contributed by atoms with Crippen molar-refractivity contribution in [2.75, 3.05) is 18.2 Å². The van der Waals surface area contributed by atoms with Crippen LogP contribution in [0.15, 0.2) is 12.1 Å². The van der Waals surface area contributed by atoms with Crippen molar-refractivity contribution < 1.29 is 29.4 Å². The molecule has 122 valence electrons. The number of nitrogens with two attached hydrogens (primary N) is 1.